The zero-order valence-electron chi connectivity index (χ0n) is 18.5. The van der Waals surface area contributed by atoms with Gasteiger partial charge in [-0.1, -0.05) is 40.9 Å². The Labute approximate surface area is 202 Å². The van der Waals surface area contributed by atoms with E-state index in [0.29, 0.717) is 12.8 Å². The minimum Gasteiger partial charge on any atom is -0.478 e. The largest absolute Gasteiger partial charge is 0.478 e. The summed E-state index contributed by atoms with van der Waals surface area (Å²) in [6.07, 6.45) is -2.48. The normalized spacial score (nSPS) is 16.6. The Hall–Kier alpha value is -2.89. The number of nitrogens with zero attached hydrogens (tertiary/aromatic N) is 2. The van der Waals surface area contributed by atoms with Crippen LogP contribution >= 0.6 is 15.9 Å². The van der Waals surface area contributed by atoms with Gasteiger partial charge in [-0.15, -0.1) is 0 Å². The van der Waals surface area contributed by atoms with Crippen molar-refractivity contribution in [1.82, 2.24) is 4.90 Å². The van der Waals surface area contributed by atoms with Gasteiger partial charge in [-0.25, -0.2) is 9.59 Å². The summed E-state index contributed by atoms with van der Waals surface area (Å²) in [5.41, 5.74) is -3.98. The van der Waals surface area contributed by atoms with Gasteiger partial charge in [0.15, 0.2) is 0 Å². The molecular weight excluding hydrogens is 525 g/mol. The zero-order chi connectivity index (χ0) is 25.6. The topological polar surface area (TPSA) is 110 Å². The Balaban J connectivity index is 2.81. The third-order valence-electron chi connectivity index (χ3n) is 5.45. The number of methoxy groups -OCH3 is 1. The lowest BCUT2D eigenvalue weighted by Crippen LogP contribution is -2.46. The van der Waals surface area contributed by atoms with Gasteiger partial charge in [0, 0.05) is 29.6 Å². The maximum Gasteiger partial charge on any atom is 0.432 e. The molecule has 0 saturated carbocycles. The van der Waals surface area contributed by atoms with Gasteiger partial charge in [-0.2, -0.15) is 13.2 Å². The molecule has 0 saturated heterocycles. The van der Waals surface area contributed by atoms with Gasteiger partial charge < -0.3 is 14.7 Å². The fourth-order valence-electron chi connectivity index (χ4n) is 3.96. The number of benzene rings is 1. The number of unbranched alkanes of at least 4 members (excludes halogenated alkanes) is 3. The van der Waals surface area contributed by atoms with Gasteiger partial charge in [0.25, 0.3) is 5.69 Å². The van der Waals surface area contributed by atoms with E-state index in [1.165, 1.54) is 19.1 Å². The predicted octanol–water partition coefficient (Wildman–Crippen LogP) is 5.08. The van der Waals surface area contributed by atoms with Crippen molar-refractivity contribution in [3.8, 4) is 0 Å². The van der Waals surface area contributed by atoms with E-state index in [4.69, 9.17) is 0 Å². The van der Waals surface area contributed by atoms with Crippen molar-refractivity contribution in [2.24, 2.45) is 0 Å². The third kappa shape index (κ3) is 5.96. The van der Waals surface area contributed by atoms with Gasteiger partial charge in [0.2, 0.25) is 0 Å². The van der Waals surface area contributed by atoms with Crippen molar-refractivity contribution in [3.05, 3.63) is 56.8 Å². The van der Waals surface area contributed by atoms with Crippen molar-refractivity contribution in [1.29, 1.82) is 0 Å². The van der Waals surface area contributed by atoms with Crippen LogP contribution in [-0.2, 0) is 14.3 Å². The summed E-state index contributed by atoms with van der Waals surface area (Å²) in [6, 6.07) is 3.22. The smallest absolute Gasteiger partial charge is 0.432 e. The zero-order valence-corrected chi connectivity index (χ0v) is 20.1. The lowest BCUT2D eigenvalue weighted by Gasteiger charge is -2.40. The molecule has 0 fully saturated rings. The van der Waals surface area contributed by atoms with Gasteiger partial charge in [-0.3, -0.25) is 10.1 Å². The Morgan fingerprint density at radius 1 is 1.24 bits per heavy atom. The lowest BCUT2D eigenvalue weighted by molar-refractivity contribution is -0.384. The number of hydrogen-bond donors (Lipinski definition) is 1. The number of halogens is 4. The number of nitro groups is 1. The van der Waals surface area contributed by atoms with E-state index in [-0.39, 0.29) is 12.1 Å². The average Bonchev–Trinajstić information content (AvgIpc) is 2.77. The van der Waals surface area contributed by atoms with Gasteiger partial charge >= 0.3 is 18.1 Å². The number of carboxylic acids is 1. The molecule has 1 aliphatic rings. The molecule has 0 radical (unpaired) electrons. The van der Waals surface area contributed by atoms with Crippen LogP contribution in [0.2, 0.25) is 0 Å². The predicted molar refractivity (Wildman–Crippen MR) is 121 cm³/mol. The SMILES string of the molecule is COC(=O)C1=C(C(F)(F)F)N(CCCCCCBr)C(C)C(C(=O)O)=C1c1cccc([N+](=O)[O-])c1. The molecule has 1 unspecified atom stereocenters. The number of esters is 1. The maximum absolute atomic E-state index is 14.4. The molecule has 0 aliphatic carbocycles. The summed E-state index contributed by atoms with van der Waals surface area (Å²) in [5, 5.41) is 22.0. The molecule has 2 rings (SSSR count). The third-order valence-corrected chi connectivity index (χ3v) is 6.01. The van der Waals surface area contributed by atoms with Crippen LogP contribution in [-0.4, -0.2) is 58.1 Å². The molecule has 8 nitrogen and oxygen atoms in total. The first-order chi connectivity index (χ1) is 15.9. The highest BCUT2D eigenvalue weighted by atomic mass is 79.9. The summed E-state index contributed by atoms with van der Waals surface area (Å²) < 4.78 is 47.7. The number of carbonyl (C=O) groups is 2. The molecular formula is C22H24BrF3N2O6. The maximum atomic E-state index is 14.4. The molecule has 1 aliphatic heterocycles. The Morgan fingerprint density at radius 3 is 2.41 bits per heavy atom. The number of nitro benzene ring substituents is 1. The number of carbonyl (C=O) groups excluding carboxylic acids is 1. The highest BCUT2D eigenvalue weighted by Gasteiger charge is 2.49. The van der Waals surface area contributed by atoms with E-state index in [9.17, 15) is 38.0 Å². The summed E-state index contributed by atoms with van der Waals surface area (Å²) >= 11 is 3.29. The number of ether oxygens (including phenoxy) is 1. The molecule has 1 N–H and O–H groups in total. The number of aliphatic carboxylic acids is 1. The standard InChI is InChI=1S/C22H24BrF3N2O6/c1-13-16(20(29)30)17(14-8-7-9-15(12-14)28(32)33)18(21(31)34-2)19(22(24,25)26)27(13)11-6-4-3-5-10-23/h7-9,12-13H,3-6,10-11H2,1-2H3,(H,29,30). The number of allylic oxidation sites excluding steroid dienone is 1. The monoisotopic (exact) mass is 548 g/mol. The van der Waals surface area contributed by atoms with Crippen molar-refractivity contribution in [2.45, 2.75) is 44.8 Å². The molecule has 186 valence electrons. The first-order valence-electron chi connectivity index (χ1n) is 10.4. The van der Waals surface area contributed by atoms with Crippen LogP contribution in [0.1, 0.15) is 38.2 Å². The molecule has 1 heterocycles. The minimum absolute atomic E-state index is 0.141. The second-order valence-electron chi connectivity index (χ2n) is 7.59. The molecule has 0 aromatic heterocycles. The van der Waals surface area contributed by atoms with E-state index in [0.717, 1.165) is 42.3 Å². The molecule has 0 bridgehead atoms. The van der Waals surface area contributed by atoms with E-state index in [1.54, 1.807) is 0 Å². The van der Waals surface area contributed by atoms with Crippen LogP contribution in [0.5, 0.6) is 0 Å². The molecule has 0 amide bonds. The van der Waals surface area contributed by atoms with Crippen LogP contribution in [0.3, 0.4) is 0 Å². The van der Waals surface area contributed by atoms with Gasteiger partial charge in [0.1, 0.15) is 5.70 Å². The number of hydrogen-bond acceptors (Lipinski definition) is 6. The Bertz CT molecular complexity index is 1020. The molecule has 34 heavy (non-hydrogen) atoms. The number of non-ortho nitro benzene ring substituents is 1. The van der Waals surface area contributed by atoms with E-state index >= 15 is 0 Å². The van der Waals surface area contributed by atoms with Crippen LogP contribution in [0.15, 0.2) is 41.1 Å². The Morgan fingerprint density at radius 2 is 1.88 bits per heavy atom. The molecule has 1 atom stereocenters. The summed E-state index contributed by atoms with van der Waals surface area (Å²) in [6.45, 7) is 1.16. The number of carboxylic acid groups (broad SMARTS) is 1. The fraction of sp³-hybridized carbons (Fsp3) is 0.455. The Kier molecular flexibility index (Phi) is 9.25. The van der Waals surface area contributed by atoms with Crippen LogP contribution < -0.4 is 0 Å². The summed E-state index contributed by atoms with van der Waals surface area (Å²) in [5.74, 6) is -2.93. The van der Waals surface area contributed by atoms with Crippen LogP contribution in [0.25, 0.3) is 5.57 Å². The number of alkyl halides is 4. The van der Waals surface area contributed by atoms with Crippen molar-refractivity contribution >= 4 is 39.1 Å². The van der Waals surface area contributed by atoms with Gasteiger partial charge in [0.05, 0.1) is 29.2 Å². The summed E-state index contributed by atoms with van der Waals surface area (Å²) in [7, 11) is 0.886. The van der Waals surface area contributed by atoms with E-state index < -0.39 is 57.2 Å². The van der Waals surface area contributed by atoms with Crippen molar-refractivity contribution < 1.29 is 37.5 Å². The average molecular weight is 549 g/mol. The molecule has 1 aromatic rings. The van der Waals surface area contributed by atoms with E-state index in [2.05, 4.69) is 20.7 Å². The first kappa shape index (κ1) is 27.4. The quantitative estimate of drug-likeness (QED) is 0.143. The lowest BCUT2D eigenvalue weighted by atomic mass is 9.83. The molecule has 0 spiro atoms. The molecule has 1 aromatic carbocycles. The fourth-order valence-corrected chi connectivity index (χ4v) is 4.35. The molecule has 12 heteroatoms. The number of rotatable bonds is 10. The minimum atomic E-state index is -5.02. The first-order valence-corrected chi connectivity index (χ1v) is 11.5. The van der Waals surface area contributed by atoms with E-state index in [1.807, 2.05) is 0 Å². The van der Waals surface area contributed by atoms with Crippen LogP contribution in [0, 0.1) is 10.1 Å². The van der Waals surface area contributed by atoms with Crippen molar-refractivity contribution in [3.63, 3.8) is 0 Å². The van der Waals surface area contributed by atoms with Crippen molar-refractivity contribution in [2.75, 3.05) is 19.0 Å². The van der Waals surface area contributed by atoms with Crippen LogP contribution in [0.4, 0.5) is 18.9 Å². The second kappa shape index (κ2) is 11.5. The van der Waals surface area contributed by atoms with Gasteiger partial charge in [-0.05, 0) is 25.3 Å². The highest BCUT2D eigenvalue weighted by molar-refractivity contribution is 9.09. The summed E-state index contributed by atoms with van der Waals surface area (Å²) in [4.78, 5) is 36.3. The highest BCUT2D eigenvalue weighted by Crippen LogP contribution is 2.45. The second-order valence-corrected chi connectivity index (χ2v) is 8.38.